The van der Waals surface area contributed by atoms with Gasteiger partial charge in [-0.05, 0) is 13.8 Å². The number of nitrogens with zero attached hydrogens (tertiary/aromatic N) is 2. The zero-order valence-electron chi connectivity index (χ0n) is 11.2. The number of benzene rings is 1. The van der Waals surface area contributed by atoms with E-state index in [1.54, 1.807) is 0 Å². The number of halogens is 5. The molecule has 21 heavy (non-hydrogen) atoms. The zero-order chi connectivity index (χ0) is 16.3. The quantitative estimate of drug-likeness (QED) is 0.487. The number of hydrogen-bond donors (Lipinski definition) is 0. The molecule has 1 atom stereocenters. The molecule has 0 saturated carbocycles. The molecule has 0 saturated heterocycles. The Balaban J connectivity index is 3.33. The van der Waals surface area contributed by atoms with Crippen LogP contribution >= 0.6 is 0 Å². The van der Waals surface area contributed by atoms with Gasteiger partial charge < -0.3 is 4.90 Å². The first kappa shape index (κ1) is 16.9. The van der Waals surface area contributed by atoms with Crippen LogP contribution in [0, 0.1) is 46.3 Å². The van der Waals surface area contributed by atoms with Crippen LogP contribution in [-0.2, 0) is 0 Å². The van der Waals surface area contributed by atoms with Crippen LogP contribution in [0.4, 0.5) is 22.0 Å². The summed E-state index contributed by atoms with van der Waals surface area (Å²) in [5.74, 6) is -13.1. The van der Waals surface area contributed by atoms with E-state index in [0.29, 0.717) is 0 Å². The van der Waals surface area contributed by atoms with E-state index in [1.807, 2.05) is 6.07 Å². The van der Waals surface area contributed by atoms with E-state index in [9.17, 15) is 26.7 Å². The van der Waals surface area contributed by atoms with Crippen LogP contribution in [-0.4, -0.2) is 23.9 Å². The van der Waals surface area contributed by atoms with Crippen molar-refractivity contribution in [2.45, 2.75) is 13.8 Å². The maximum atomic E-state index is 13.5. The van der Waals surface area contributed by atoms with E-state index in [0.717, 1.165) is 4.90 Å². The van der Waals surface area contributed by atoms with Crippen molar-refractivity contribution in [1.82, 2.24) is 4.90 Å². The van der Waals surface area contributed by atoms with Crippen molar-refractivity contribution in [3.05, 3.63) is 34.6 Å². The Morgan fingerprint density at radius 1 is 1.10 bits per heavy atom. The first-order chi connectivity index (χ1) is 9.76. The predicted octanol–water partition coefficient (Wildman–Crippen LogP) is 3.00. The molecule has 114 valence electrons. The van der Waals surface area contributed by atoms with Gasteiger partial charge in [0.15, 0.2) is 23.3 Å². The molecule has 0 aliphatic heterocycles. The van der Waals surface area contributed by atoms with E-state index in [2.05, 4.69) is 0 Å². The zero-order valence-corrected chi connectivity index (χ0v) is 11.2. The summed E-state index contributed by atoms with van der Waals surface area (Å²) in [7, 11) is 0. The topological polar surface area (TPSA) is 44.1 Å². The number of rotatable bonds is 4. The fourth-order valence-electron chi connectivity index (χ4n) is 1.68. The van der Waals surface area contributed by atoms with Crippen LogP contribution in [0.2, 0.25) is 0 Å². The fourth-order valence-corrected chi connectivity index (χ4v) is 1.68. The Bertz CT molecular complexity index is 583. The van der Waals surface area contributed by atoms with Gasteiger partial charge in [-0.25, -0.2) is 22.0 Å². The highest BCUT2D eigenvalue weighted by Crippen LogP contribution is 2.24. The lowest BCUT2D eigenvalue weighted by molar-refractivity contribution is 0.0739. The second-order valence-corrected chi connectivity index (χ2v) is 4.32. The van der Waals surface area contributed by atoms with Crippen molar-refractivity contribution >= 4 is 5.91 Å². The fraction of sp³-hybridized carbons (Fsp3) is 0.385. The van der Waals surface area contributed by atoms with Gasteiger partial charge in [0.2, 0.25) is 5.82 Å². The summed E-state index contributed by atoms with van der Waals surface area (Å²) in [4.78, 5) is 12.8. The van der Waals surface area contributed by atoms with Crippen molar-refractivity contribution < 1.29 is 26.7 Å². The van der Waals surface area contributed by atoms with Crippen LogP contribution in [0.3, 0.4) is 0 Å². The first-order valence-electron chi connectivity index (χ1n) is 5.96. The van der Waals surface area contributed by atoms with Crippen LogP contribution in [0.5, 0.6) is 0 Å². The van der Waals surface area contributed by atoms with Crippen molar-refractivity contribution in [3.63, 3.8) is 0 Å². The Kier molecular flexibility index (Phi) is 5.24. The summed E-state index contributed by atoms with van der Waals surface area (Å²) < 4.78 is 66.1. The predicted molar refractivity (Wildman–Crippen MR) is 62.6 cm³/mol. The standard InChI is InChI=1S/C13H11F5N2O/c1-3-20(5-6(2)4-19)13(21)7-8(14)10(16)12(18)11(17)9(7)15/h6H,3,5H2,1-2H3. The lowest BCUT2D eigenvalue weighted by Crippen LogP contribution is -2.36. The lowest BCUT2D eigenvalue weighted by atomic mass is 10.1. The first-order valence-corrected chi connectivity index (χ1v) is 5.96. The molecule has 3 nitrogen and oxygen atoms in total. The van der Waals surface area contributed by atoms with Crippen molar-refractivity contribution in [2.24, 2.45) is 5.92 Å². The SMILES string of the molecule is CCN(CC(C)C#N)C(=O)c1c(F)c(F)c(F)c(F)c1F. The van der Waals surface area contributed by atoms with Crippen LogP contribution in [0.1, 0.15) is 24.2 Å². The van der Waals surface area contributed by atoms with Crippen LogP contribution in [0.15, 0.2) is 0 Å². The highest BCUT2D eigenvalue weighted by atomic mass is 19.2. The Hall–Kier alpha value is -2.17. The third-order valence-electron chi connectivity index (χ3n) is 2.81. The maximum absolute atomic E-state index is 13.5. The second kappa shape index (κ2) is 6.52. The van der Waals surface area contributed by atoms with Gasteiger partial charge in [-0.15, -0.1) is 0 Å². The average Bonchev–Trinajstić information content (AvgIpc) is 2.48. The third-order valence-corrected chi connectivity index (χ3v) is 2.81. The van der Waals surface area contributed by atoms with Gasteiger partial charge in [-0.2, -0.15) is 5.26 Å². The second-order valence-electron chi connectivity index (χ2n) is 4.32. The van der Waals surface area contributed by atoms with E-state index in [1.165, 1.54) is 13.8 Å². The molecule has 0 aromatic heterocycles. The molecule has 8 heteroatoms. The molecule has 0 spiro atoms. The minimum absolute atomic E-state index is 0.0512. The number of carbonyl (C=O) groups excluding carboxylic acids is 1. The molecule has 1 rings (SSSR count). The molecular weight excluding hydrogens is 295 g/mol. The number of amides is 1. The molecule has 0 aliphatic rings. The normalized spacial score (nSPS) is 11.9. The Morgan fingerprint density at radius 2 is 1.52 bits per heavy atom. The Morgan fingerprint density at radius 3 is 1.90 bits per heavy atom. The highest BCUT2D eigenvalue weighted by molar-refractivity contribution is 5.94. The third kappa shape index (κ3) is 3.12. The van der Waals surface area contributed by atoms with Gasteiger partial charge >= 0.3 is 0 Å². The van der Waals surface area contributed by atoms with Gasteiger partial charge in [-0.1, -0.05) is 0 Å². The summed E-state index contributed by atoms with van der Waals surface area (Å²) in [5.41, 5.74) is -1.52. The molecule has 0 bridgehead atoms. The minimum atomic E-state index is -2.32. The Labute approximate surface area is 117 Å². The van der Waals surface area contributed by atoms with Crippen molar-refractivity contribution in [3.8, 4) is 6.07 Å². The highest BCUT2D eigenvalue weighted by Gasteiger charge is 2.32. The smallest absolute Gasteiger partial charge is 0.260 e. The van der Waals surface area contributed by atoms with Crippen LogP contribution in [0.25, 0.3) is 0 Å². The molecule has 0 aliphatic carbocycles. The average molecular weight is 306 g/mol. The molecule has 0 radical (unpaired) electrons. The number of nitriles is 1. The minimum Gasteiger partial charge on any atom is -0.337 e. The van der Waals surface area contributed by atoms with Gasteiger partial charge in [0.05, 0.1) is 12.0 Å². The molecule has 0 N–H and O–H groups in total. The van der Waals surface area contributed by atoms with Crippen LogP contribution < -0.4 is 0 Å². The van der Waals surface area contributed by atoms with Gasteiger partial charge in [0.25, 0.3) is 5.91 Å². The van der Waals surface area contributed by atoms with Gasteiger partial charge in [-0.3, -0.25) is 4.79 Å². The van der Waals surface area contributed by atoms with E-state index in [4.69, 9.17) is 5.26 Å². The molecule has 1 unspecified atom stereocenters. The lowest BCUT2D eigenvalue weighted by Gasteiger charge is -2.22. The summed E-state index contributed by atoms with van der Waals surface area (Å²) in [6.07, 6.45) is 0. The van der Waals surface area contributed by atoms with E-state index < -0.39 is 46.5 Å². The maximum Gasteiger partial charge on any atom is 0.260 e. The molecule has 1 aromatic rings. The van der Waals surface area contributed by atoms with E-state index in [-0.39, 0.29) is 13.1 Å². The monoisotopic (exact) mass is 306 g/mol. The summed E-state index contributed by atoms with van der Waals surface area (Å²) in [5, 5.41) is 8.66. The molecule has 1 aromatic carbocycles. The van der Waals surface area contributed by atoms with Crippen molar-refractivity contribution in [2.75, 3.05) is 13.1 Å². The van der Waals surface area contributed by atoms with Gasteiger partial charge in [0.1, 0.15) is 5.56 Å². The summed E-state index contributed by atoms with van der Waals surface area (Å²) in [6, 6.07) is 1.81. The molecular formula is C13H11F5N2O. The summed E-state index contributed by atoms with van der Waals surface area (Å²) >= 11 is 0. The summed E-state index contributed by atoms with van der Waals surface area (Å²) in [6.45, 7) is 2.66. The largest absolute Gasteiger partial charge is 0.337 e. The van der Waals surface area contributed by atoms with E-state index >= 15 is 0 Å². The molecule has 0 heterocycles. The number of hydrogen-bond acceptors (Lipinski definition) is 2. The van der Waals surface area contributed by atoms with Crippen molar-refractivity contribution in [1.29, 1.82) is 5.26 Å². The molecule has 0 fully saturated rings. The van der Waals surface area contributed by atoms with Gasteiger partial charge in [0, 0.05) is 13.1 Å². The molecule has 1 amide bonds. The number of carbonyl (C=O) groups is 1.